The maximum atomic E-state index is 12.4. The van der Waals surface area contributed by atoms with E-state index in [2.05, 4.69) is 4.98 Å². The lowest BCUT2D eigenvalue weighted by atomic mass is 10.4. The lowest BCUT2D eigenvalue weighted by Crippen LogP contribution is -2.35. The van der Waals surface area contributed by atoms with Crippen LogP contribution in [0.15, 0.2) is 28.2 Å². The molecular weight excluding hydrogens is 266 g/mol. The minimum atomic E-state index is -3.71. The Kier molecular flexibility index (Phi) is 5.71. The van der Waals surface area contributed by atoms with Gasteiger partial charge in [-0.3, -0.25) is 4.79 Å². The Labute approximate surface area is 114 Å². The minimum absolute atomic E-state index is 0.193. The van der Waals surface area contributed by atoms with Crippen LogP contribution >= 0.6 is 0 Å². The molecule has 1 N–H and O–H groups in total. The van der Waals surface area contributed by atoms with Crippen LogP contribution in [0.25, 0.3) is 0 Å². The molecule has 7 heteroatoms. The molecular formula is C12H21N3O3S. The summed E-state index contributed by atoms with van der Waals surface area (Å²) in [6.45, 7) is 3.33. The lowest BCUT2D eigenvalue weighted by Gasteiger charge is -2.20. The molecule has 0 unspecified atom stereocenters. The van der Waals surface area contributed by atoms with E-state index < -0.39 is 15.5 Å². The molecule has 0 atom stereocenters. The molecule has 0 aliphatic rings. The summed E-state index contributed by atoms with van der Waals surface area (Å²) in [6.07, 6.45) is 3.39. The highest BCUT2D eigenvalue weighted by Crippen LogP contribution is 2.10. The molecule has 1 aromatic rings. The van der Waals surface area contributed by atoms with Crippen molar-refractivity contribution < 1.29 is 8.42 Å². The minimum Gasteiger partial charge on any atom is -0.366 e. The molecule has 0 fully saturated rings. The number of hydrogen-bond acceptors (Lipinski definition) is 4. The van der Waals surface area contributed by atoms with Crippen molar-refractivity contribution in [1.29, 1.82) is 0 Å². The third-order valence-corrected chi connectivity index (χ3v) is 4.77. The summed E-state index contributed by atoms with van der Waals surface area (Å²) in [4.78, 5) is 16.1. The molecule has 0 aliphatic heterocycles. The van der Waals surface area contributed by atoms with Crippen molar-refractivity contribution in [2.45, 2.75) is 18.2 Å². The van der Waals surface area contributed by atoms with Gasteiger partial charge in [0.25, 0.3) is 0 Å². The molecule has 0 radical (unpaired) electrons. The van der Waals surface area contributed by atoms with E-state index in [1.54, 1.807) is 6.92 Å². The maximum absolute atomic E-state index is 12.4. The zero-order chi connectivity index (χ0) is 14.5. The van der Waals surface area contributed by atoms with E-state index in [0.717, 1.165) is 13.0 Å². The topological polar surface area (TPSA) is 73.5 Å². The fourth-order valence-corrected chi connectivity index (χ4v) is 3.28. The van der Waals surface area contributed by atoms with Crippen LogP contribution < -0.4 is 5.43 Å². The summed E-state index contributed by atoms with van der Waals surface area (Å²) in [5, 5.41) is 0. The smallest absolute Gasteiger partial charge is 0.248 e. The monoisotopic (exact) mass is 287 g/mol. The van der Waals surface area contributed by atoms with E-state index in [4.69, 9.17) is 0 Å². The van der Waals surface area contributed by atoms with Gasteiger partial charge in [-0.2, -0.15) is 4.31 Å². The highest BCUT2D eigenvalue weighted by molar-refractivity contribution is 7.89. The molecule has 1 rings (SSSR count). The van der Waals surface area contributed by atoms with Crippen molar-refractivity contribution in [1.82, 2.24) is 14.2 Å². The number of H-pyrrole nitrogens is 1. The summed E-state index contributed by atoms with van der Waals surface area (Å²) in [5.41, 5.74) is -0.482. The SMILES string of the molecule is CCN(CCCN(C)C)S(=O)(=O)c1c[nH]ccc1=O. The van der Waals surface area contributed by atoms with Crippen molar-refractivity contribution in [3.8, 4) is 0 Å². The van der Waals surface area contributed by atoms with Gasteiger partial charge < -0.3 is 9.88 Å². The number of nitrogens with zero attached hydrogens (tertiary/aromatic N) is 2. The van der Waals surface area contributed by atoms with Crippen molar-refractivity contribution in [2.24, 2.45) is 0 Å². The Balaban J connectivity index is 2.91. The molecule has 0 spiro atoms. The van der Waals surface area contributed by atoms with Crippen LogP contribution in [-0.2, 0) is 10.0 Å². The fourth-order valence-electron chi connectivity index (χ4n) is 1.75. The van der Waals surface area contributed by atoms with Gasteiger partial charge in [-0.05, 0) is 27.1 Å². The quantitative estimate of drug-likeness (QED) is 0.784. The molecule has 108 valence electrons. The van der Waals surface area contributed by atoms with E-state index in [9.17, 15) is 13.2 Å². The predicted octanol–water partition coefficient (Wildman–Crippen LogP) is 0.337. The van der Waals surface area contributed by atoms with E-state index in [1.807, 2.05) is 19.0 Å². The standard InChI is InChI=1S/C12H21N3O3S/c1-4-15(9-5-8-14(2)3)19(17,18)12-10-13-7-6-11(12)16/h6-7,10H,4-5,8-9H2,1-3H3,(H,13,16). The second kappa shape index (κ2) is 6.83. The van der Waals surface area contributed by atoms with Crippen LogP contribution in [0.2, 0.25) is 0 Å². The van der Waals surface area contributed by atoms with Gasteiger partial charge in [0.1, 0.15) is 4.90 Å². The van der Waals surface area contributed by atoms with Gasteiger partial charge in [0.2, 0.25) is 15.5 Å². The van der Waals surface area contributed by atoms with Crippen LogP contribution in [0.4, 0.5) is 0 Å². The molecule has 0 amide bonds. The van der Waals surface area contributed by atoms with Gasteiger partial charge in [0.05, 0.1) is 0 Å². The molecule has 1 heterocycles. The number of sulfonamides is 1. The van der Waals surface area contributed by atoms with Gasteiger partial charge in [-0.1, -0.05) is 6.92 Å². The normalized spacial score (nSPS) is 12.3. The Bertz CT molecular complexity index is 551. The van der Waals surface area contributed by atoms with Crippen molar-refractivity contribution in [3.63, 3.8) is 0 Å². The molecule has 6 nitrogen and oxygen atoms in total. The Morgan fingerprint density at radius 1 is 1.26 bits per heavy atom. The Morgan fingerprint density at radius 3 is 2.47 bits per heavy atom. The average Bonchev–Trinajstić information content (AvgIpc) is 2.34. The van der Waals surface area contributed by atoms with E-state index in [0.29, 0.717) is 13.1 Å². The highest BCUT2D eigenvalue weighted by Gasteiger charge is 2.25. The Morgan fingerprint density at radius 2 is 1.95 bits per heavy atom. The first-order valence-electron chi connectivity index (χ1n) is 6.21. The third kappa shape index (κ3) is 4.15. The van der Waals surface area contributed by atoms with Crippen LogP contribution in [-0.4, -0.2) is 56.3 Å². The molecule has 0 bridgehead atoms. The molecule has 0 saturated heterocycles. The third-order valence-electron chi connectivity index (χ3n) is 2.77. The van der Waals surface area contributed by atoms with Crippen LogP contribution in [0.5, 0.6) is 0 Å². The van der Waals surface area contributed by atoms with Gasteiger partial charge in [0.15, 0.2) is 0 Å². The van der Waals surface area contributed by atoms with E-state index in [-0.39, 0.29) is 4.90 Å². The fraction of sp³-hybridized carbons (Fsp3) is 0.583. The lowest BCUT2D eigenvalue weighted by molar-refractivity contribution is 0.356. The molecule has 0 aliphatic carbocycles. The van der Waals surface area contributed by atoms with Crippen molar-refractivity contribution in [3.05, 3.63) is 28.7 Å². The maximum Gasteiger partial charge on any atom is 0.248 e. The summed E-state index contributed by atoms with van der Waals surface area (Å²) >= 11 is 0. The van der Waals surface area contributed by atoms with Gasteiger partial charge in [0, 0.05) is 31.5 Å². The molecule has 19 heavy (non-hydrogen) atoms. The van der Waals surface area contributed by atoms with Crippen LogP contribution in [0.3, 0.4) is 0 Å². The van der Waals surface area contributed by atoms with E-state index >= 15 is 0 Å². The number of nitrogens with one attached hydrogen (secondary N) is 1. The first-order chi connectivity index (χ1) is 8.89. The summed E-state index contributed by atoms with van der Waals surface area (Å²) in [6, 6.07) is 1.22. The van der Waals surface area contributed by atoms with Gasteiger partial charge in [-0.15, -0.1) is 0 Å². The number of aromatic nitrogens is 1. The second-order valence-electron chi connectivity index (χ2n) is 4.53. The van der Waals surface area contributed by atoms with Crippen molar-refractivity contribution in [2.75, 3.05) is 33.7 Å². The van der Waals surface area contributed by atoms with Gasteiger partial charge in [-0.25, -0.2) is 8.42 Å². The molecule has 1 aromatic heterocycles. The largest absolute Gasteiger partial charge is 0.366 e. The zero-order valence-corrected chi connectivity index (χ0v) is 12.4. The average molecular weight is 287 g/mol. The van der Waals surface area contributed by atoms with Gasteiger partial charge >= 0.3 is 0 Å². The van der Waals surface area contributed by atoms with E-state index in [1.165, 1.54) is 22.8 Å². The summed E-state index contributed by atoms with van der Waals surface area (Å²) < 4.78 is 26.0. The first-order valence-corrected chi connectivity index (χ1v) is 7.65. The first kappa shape index (κ1) is 15.9. The summed E-state index contributed by atoms with van der Waals surface area (Å²) in [7, 11) is 0.166. The Hall–Kier alpha value is -1.18. The molecule has 0 saturated carbocycles. The number of pyridine rings is 1. The van der Waals surface area contributed by atoms with Crippen molar-refractivity contribution >= 4 is 10.0 Å². The van der Waals surface area contributed by atoms with Crippen LogP contribution in [0.1, 0.15) is 13.3 Å². The summed E-state index contributed by atoms with van der Waals surface area (Å²) in [5.74, 6) is 0. The predicted molar refractivity (Wildman–Crippen MR) is 74.7 cm³/mol. The number of hydrogen-bond donors (Lipinski definition) is 1. The van der Waals surface area contributed by atoms with Crippen LogP contribution in [0, 0.1) is 0 Å². The second-order valence-corrected chi connectivity index (χ2v) is 6.43. The molecule has 0 aromatic carbocycles. The zero-order valence-electron chi connectivity index (χ0n) is 11.6. The number of rotatable bonds is 7. The number of aromatic amines is 1. The highest BCUT2D eigenvalue weighted by atomic mass is 32.2.